The zero-order valence-electron chi connectivity index (χ0n) is 17.0. The number of ether oxygens (including phenoxy) is 1. The molecule has 3 amide bonds. The zero-order chi connectivity index (χ0) is 20.7. The third-order valence-electron chi connectivity index (χ3n) is 4.41. The van der Waals surface area contributed by atoms with Gasteiger partial charge in [-0.1, -0.05) is 0 Å². The van der Waals surface area contributed by atoms with Crippen molar-refractivity contribution in [3.63, 3.8) is 0 Å². The number of carbonyl (C=O) groups is 3. The highest BCUT2D eigenvalue weighted by Crippen LogP contribution is 2.14. The summed E-state index contributed by atoms with van der Waals surface area (Å²) in [4.78, 5) is 39.6. The molecule has 1 aliphatic rings. The molecule has 2 atom stereocenters. The van der Waals surface area contributed by atoms with Crippen molar-refractivity contribution in [1.82, 2.24) is 9.80 Å². The molecule has 1 aromatic rings. The molecule has 28 heavy (non-hydrogen) atoms. The van der Waals surface area contributed by atoms with E-state index in [4.69, 9.17) is 4.74 Å². The first-order chi connectivity index (χ1) is 13.3. The van der Waals surface area contributed by atoms with Crippen LogP contribution < -0.4 is 10.6 Å². The van der Waals surface area contributed by atoms with Gasteiger partial charge in [-0.3, -0.25) is 19.3 Å². The Morgan fingerprint density at radius 2 is 1.61 bits per heavy atom. The summed E-state index contributed by atoms with van der Waals surface area (Å²) in [7, 11) is 0. The molecule has 2 rings (SSSR count). The fourth-order valence-corrected chi connectivity index (χ4v) is 3.30. The number of hydrogen-bond donors (Lipinski definition) is 2. The summed E-state index contributed by atoms with van der Waals surface area (Å²) in [5.41, 5.74) is 1.27. The average molecular weight is 390 g/mol. The van der Waals surface area contributed by atoms with Gasteiger partial charge in [-0.05, 0) is 45.0 Å². The maximum atomic E-state index is 12.6. The number of hydrogen-bond acceptors (Lipinski definition) is 5. The van der Waals surface area contributed by atoms with Crippen LogP contribution >= 0.6 is 0 Å². The van der Waals surface area contributed by atoms with Gasteiger partial charge in [0.1, 0.15) is 0 Å². The molecule has 0 saturated carbocycles. The molecule has 0 spiro atoms. The quantitative estimate of drug-likeness (QED) is 0.737. The summed E-state index contributed by atoms with van der Waals surface area (Å²) >= 11 is 0. The normalized spacial score (nSPS) is 19.7. The van der Waals surface area contributed by atoms with Gasteiger partial charge in [0.15, 0.2) is 0 Å². The molecule has 0 radical (unpaired) electrons. The van der Waals surface area contributed by atoms with Crippen LogP contribution in [0.3, 0.4) is 0 Å². The van der Waals surface area contributed by atoms with Crippen molar-refractivity contribution < 1.29 is 19.1 Å². The van der Waals surface area contributed by atoms with Crippen molar-refractivity contribution in [1.29, 1.82) is 0 Å². The number of nitrogens with one attached hydrogen (secondary N) is 2. The summed E-state index contributed by atoms with van der Waals surface area (Å²) in [6, 6.07) is 6.83. The molecule has 0 unspecified atom stereocenters. The lowest BCUT2D eigenvalue weighted by molar-refractivity contribution is -0.138. The Hall–Kier alpha value is -2.45. The summed E-state index contributed by atoms with van der Waals surface area (Å²) in [6.07, 6.45) is 0.186. The average Bonchev–Trinajstić information content (AvgIpc) is 2.60. The molecule has 1 heterocycles. The van der Waals surface area contributed by atoms with Crippen LogP contribution in [0.15, 0.2) is 24.3 Å². The highest BCUT2D eigenvalue weighted by atomic mass is 16.5. The minimum Gasteiger partial charge on any atom is -0.373 e. The number of benzene rings is 1. The van der Waals surface area contributed by atoms with Crippen molar-refractivity contribution in [2.24, 2.45) is 0 Å². The Morgan fingerprint density at radius 3 is 2.11 bits per heavy atom. The number of rotatable bonds is 7. The van der Waals surface area contributed by atoms with Crippen LogP contribution in [-0.2, 0) is 19.1 Å². The first-order valence-corrected chi connectivity index (χ1v) is 9.60. The maximum Gasteiger partial charge on any atom is 0.243 e. The van der Waals surface area contributed by atoms with Crippen LogP contribution in [0.2, 0.25) is 0 Å². The lowest BCUT2D eigenvalue weighted by Gasteiger charge is -2.35. The number of nitrogens with zero attached hydrogens (tertiary/aromatic N) is 2. The molecule has 0 aromatic heterocycles. The summed E-state index contributed by atoms with van der Waals surface area (Å²) in [5, 5.41) is 5.45. The van der Waals surface area contributed by atoms with Gasteiger partial charge in [0, 0.05) is 37.9 Å². The van der Waals surface area contributed by atoms with E-state index in [1.54, 1.807) is 29.2 Å². The molecule has 0 bridgehead atoms. The van der Waals surface area contributed by atoms with E-state index in [2.05, 4.69) is 15.5 Å². The zero-order valence-corrected chi connectivity index (χ0v) is 17.0. The number of carbonyl (C=O) groups excluding carboxylic acids is 3. The number of anilines is 2. The summed E-state index contributed by atoms with van der Waals surface area (Å²) < 4.78 is 5.69. The molecule has 2 N–H and O–H groups in total. The summed E-state index contributed by atoms with van der Waals surface area (Å²) in [5.74, 6) is -0.482. The van der Waals surface area contributed by atoms with Gasteiger partial charge in [-0.2, -0.15) is 0 Å². The monoisotopic (exact) mass is 390 g/mol. The van der Waals surface area contributed by atoms with E-state index < -0.39 is 0 Å². The van der Waals surface area contributed by atoms with Gasteiger partial charge >= 0.3 is 0 Å². The fourth-order valence-electron chi connectivity index (χ4n) is 3.30. The van der Waals surface area contributed by atoms with Crippen molar-refractivity contribution in [3.8, 4) is 0 Å². The molecular weight excluding hydrogens is 360 g/mol. The standard InChI is InChI=1S/C20H30N4O4/c1-5-24(20(27)13-23-10-14(2)28-15(3)11-23)12-19(26)22-18-8-6-17(7-9-18)21-16(4)25/h6-9,14-15H,5,10-13H2,1-4H3,(H,21,25)(H,22,26)/t14-,15+. The van der Waals surface area contributed by atoms with Crippen LogP contribution in [0.25, 0.3) is 0 Å². The van der Waals surface area contributed by atoms with E-state index in [-0.39, 0.29) is 43.0 Å². The van der Waals surface area contributed by atoms with Crippen molar-refractivity contribution in [2.45, 2.75) is 39.9 Å². The second kappa shape index (κ2) is 10.2. The predicted molar refractivity (Wildman–Crippen MR) is 108 cm³/mol. The number of morpholine rings is 1. The van der Waals surface area contributed by atoms with Gasteiger partial charge < -0.3 is 20.3 Å². The van der Waals surface area contributed by atoms with Gasteiger partial charge in [-0.25, -0.2) is 0 Å². The van der Waals surface area contributed by atoms with E-state index in [1.165, 1.54) is 6.92 Å². The van der Waals surface area contributed by atoms with Gasteiger partial charge in [0.25, 0.3) is 0 Å². The largest absolute Gasteiger partial charge is 0.373 e. The SMILES string of the molecule is CCN(CC(=O)Nc1ccc(NC(C)=O)cc1)C(=O)CN1C[C@@H](C)O[C@@H](C)C1. The predicted octanol–water partition coefficient (Wildman–Crippen LogP) is 1.54. The van der Waals surface area contributed by atoms with Gasteiger partial charge in [0.05, 0.1) is 25.3 Å². The second-order valence-corrected chi connectivity index (χ2v) is 7.17. The van der Waals surface area contributed by atoms with E-state index in [1.807, 2.05) is 20.8 Å². The van der Waals surface area contributed by atoms with Crippen LogP contribution in [0.4, 0.5) is 11.4 Å². The van der Waals surface area contributed by atoms with Crippen molar-refractivity contribution >= 4 is 29.1 Å². The summed E-state index contributed by atoms with van der Waals surface area (Å²) in [6.45, 7) is 9.44. The molecular formula is C20H30N4O4. The Balaban J connectivity index is 1.86. The first-order valence-electron chi connectivity index (χ1n) is 9.60. The smallest absolute Gasteiger partial charge is 0.243 e. The van der Waals surface area contributed by atoms with Crippen LogP contribution in [-0.4, -0.2) is 72.5 Å². The second-order valence-electron chi connectivity index (χ2n) is 7.17. The molecule has 8 nitrogen and oxygen atoms in total. The topological polar surface area (TPSA) is 91.0 Å². The minimum absolute atomic E-state index is 0.00176. The van der Waals surface area contributed by atoms with Crippen molar-refractivity contribution in [3.05, 3.63) is 24.3 Å². The van der Waals surface area contributed by atoms with E-state index in [9.17, 15) is 14.4 Å². The van der Waals surface area contributed by atoms with Crippen LogP contribution in [0, 0.1) is 0 Å². The Labute approximate surface area is 166 Å². The van der Waals surface area contributed by atoms with Gasteiger partial charge in [0.2, 0.25) is 17.7 Å². The first kappa shape index (κ1) is 21.8. The lowest BCUT2D eigenvalue weighted by Crippen LogP contribution is -2.50. The number of amides is 3. The molecule has 1 aromatic carbocycles. The Morgan fingerprint density at radius 1 is 1.07 bits per heavy atom. The van der Waals surface area contributed by atoms with Crippen LogP contribution in [0.5, 0.6) is 0 Å². The van der Waals surface area contributed by atoms with E-state index in [0.717, 1.165) is 0 Å². The lowest BCUT2D eigenvalue weighted by atomic mass is 10.2. The Bertz CT molecular complexity index is 682. The molecule has 8 heteroatoms. The molecule has 1 fully saturated rings. The van der Waals surface area contributed by atoms with Crippen LogP contribution in [0.1, 0.15) is 27.7 Å². The fraction of sp³-hybridized carbons (Fsp3) is 0.550. The van der Waals surface area contributed by atoms with Gasteiger partial charge in [-0.15, -0.1) is 0 Å². The van der Waals surface area contributed by atoms with Crippen molar-refractivity contribution in [2.75, 3.05) is 43.4 Å². The molecule has 1 saturated heterocycles. The highest BCUT2D eigenvalue weighted by Gasteiger charge is 2.25. The molecule has 0 aliphatic carbocycles. The minimum atomic E-state index is -0.258. The molecule has 154 valence electrons. The highest BCUT2D eigenvalue weighted by molar-refractivity contribution is 5.95. The maximum absolute atomic E-state index is 12.6. The number of likely N-dealkylation sites (N-methyl/N-ethyl adjacent to an activating group) is 1. The third kappa shape index (κ3) is 6.94. The van der Waals surface area contributed by atoms with E-state index >= 15 is 0 Å². The Kier molecular flexibility index (Phi) is 7.95. The molecule has 1 aliphatic heterocycles. The third-order valence-corrected chi connectivity index (χ3v) is 4.41. The van der Waals surface area contributed by atoms with E-state index in [0.29, 0.717) is 31.0 Å².